The van der Waals surface area contributed by atoms with Crippen molar-refractivity contribution in [2.45, 2.75) is 30.0 Å². The van der Waals surface area contributed by atoms with Crippen molar-refractivity contribution < 1.29 is 4.79 Å². The molecule has 1 N–H and O–H groups in total. The molecule has 1 amide bonds. The standard InChI is InChI=1S/C21H22N2OS/c1-15(17-8-4-3-5-9-17)14-22-21(24)16(2)25-20-13-12-18-10-6-7-11-19(18)23-20/h3-13,15-16H,14H2,1-2H3,(H,22,24)/t15-,16+/m1/s1. The molecule has 0 fully saturated rings. The van der Waals surface area contributed by atoms with Crippen LogP contribution in [0.1, 0.15) is 25.3 Å². The number of carbonyl (C=O) groups is 1. The lowest BCUT2D eigenvalue weighted by atomic mass is 10.0. The first kappa shape index (κ1) is 17.5. The fourth-order valence-electron chi connectivity index (χ4n) is 2.64. The van der Waals surface area contributed by atoms with Gasteiger partial charge in [-0.05, 0) is 30.5 Å². The van der Waals surface area contributed by atoms with Crippen LogP contribution >= 0.6 is 11.8 Å². The highest BCUT2D eigenvalue weighted by Gasteiger charge is 2.16. The number of pyridine rings is 1. The van der Waals surface area contributed by atoms with Gasteiger partial charge in [0, 0.05) is 11.9 Å². The zero-order valence-electron chi connectivity index (χ0n) is 14.5. The molecule has 0 saturated carbocycles. The van der Waals surface area contributed by atoms with Gasteiger partial charge < -0.3 is 5.32 Å². The highest BCUT2D eigenvalue weighted by Crippen LogP contribution is 2.24. The van der Waals surface area contributed by atoms with Gasteiger partial charge in [0.25, 0.3) is 0 Å². The normalized spacial score (nSPS) is 13.4. The van der Waals surface area contributed by atoms with Gasteiger partial charge in [-0.15, -0.1) is 0 Å². The van der Waals surface area contributed by atoms with Crippen LogP contribution in [0.25, 0.3) is 10.9 Å². The van der Waals surface area contributed by atoms with E-state index < -0.39 is 0 Å². The van der Waals surface area contributed by atoms with Crippen molar-refractivity contribution in [2.75, 3.05) is 6.54 Å². The number of fused-ring (bicyclic) bond motifs is 1. The molecule has 4 heteroatoms. The Kier molecular flexibility index (Phi) is 5.71. The van der Waals surface area contributed by atoms with Gasteiger partial charge in [0.1, 0.15) is 0 Å². The Labute approximate surface area is 152 Å². The van der Waals surface area contributed by atoms with Crippen molar-refractivity contribution in [3.63, 3.8) is 0 Å². The SMILES string of the molecule is C[C@H](Sc1ccc2ccccc2n1)C(=O)NC[C@@H](C)c1ccccc1. The first-order chi connectivity index (χ1) is 12.1. The number of rotatable bonds is 6. The second-order valence-corrected chi connectivity index (χ2v) is 7.52. The van der Waals surface area contributed by atoms with E-state index in [-0.39, 0.29) is 11.2 Å². The molecular weight excluding hydrogens is 328 g/mol. The quantitative estimate of drug-likeness (QED) is 0.659. The number of benzene rings is 2. The van der Waals surface area contributed by atoms with Gasteiger partial charge in [-0.3, -0.25) is 4.79 Å². The predicted octanol–water partition coefficient (Wildman–Crippen LogP) is 4.64. The summed E-state index contributed by atoms with van der Waals surface area (Å²) in [5, 5.41) is 4.85. The topological polar surface area (TPSA) is 42.0 Å². The summed E-state index contributed by atoms with van der Waals surface area (Å²) in [6, 6.07) is 22.3. The van der Waals surface area contributed by atoms with Crippen molar-refractivity contribution in [1.29, 1.82) is 0 Å². The Bertz CT molecular complexity index is 851. The highest BCUT2D eigenvalue weighted by molar-refractivity contribution is 8.00. The minimum Gasteiger partial charge on any atom is -0.355 e. The largest absolute Gasteiger partial charge is 0.355 e. The third-order valence-corrected chi connectivity index (χ3v) is 5.23. The number of hydrogen-bond acceptors (Lipinski definition) is 3. The predicted molar refractivity (Wildman–Crippen MR) is 105 cm³/mol. The third kappa shape index (κ3) is 4.60. The third-order valence-electron chi connectivity index (χ3n) is 4.19. The van der Waals surface area contributed by atoms with E-state index in [0.29, 0.717) is 12.5 Å². The van der Waals surface area contributed by atoms with E-state index >= 15 is 0 Å². The summed E-state index contributed by atoms with van der Waals surface area (Å²) in [6.07, 6.45) is 0. The van der Waals surface area contributed by atoms with Gasteiger partial charge in [0.15, 0.2) is 0 Å². The number of para-hydroxylation sites is 1. The van der Waals surface area contributed by atoms with Gasteiger partial charge in [-0.25, -0.2) is 4.98 Å². The number of hydrogen-bond donors (Lipinski definition) is 1. The monoisotopic (exact) mass is 350 g/mol. The van der Waals surface area contributed by atoms with E-state index in [1.807, 2.05) is 61.5 Å². The molecule has 25 heavy (non-hydrogen) atoms. The number of thioether (sulfide) groups is 1. The number of carbonyl (C=O) groups excluding carboxylic acids is 1. The molecular formula is C21H22N2OS. The lowest BCUT2D eigenvalue weighted by Gasteiger charge is -2.16. The van der Waals surface area contributed by atoms with Crippen LogP contribution < -0.4 is 5.32 Å². The molecule has 0 radical (unpaired) electrons. The fraction of sp³-hybridized carbons (Fsp3) is 0.238. The summed E-state index contributed by atoms with van der Waals surface area (Å²) >= 11 is 1.49. The second kappa shape index (κ2) is 8.17. The van der Waals surface area contributed by atoms with Crippen molar-refractivity contribution in [1.82, 2.24) is 10.3 Å². The summed E-state index contributed by atoms with van der Waals surface area (Å²) in [7, 11) is 0. The average Bonchev–Trinajstić information content (AvgIpc) is 2.66. The molecule has 1 aromatic heterocycles. The molecule has 2 aromatic carbocycles. The molecule has 0 aliphatic carbocycles. The van der Waals surface area contributed by atoms with Crippen LogP contribution in [0.15, 0.2) is 71.8 Å². The molecule has 2 atom stereocenters. The fourth-order valence-corrected chi connectivity index (χ4v) is 3.49. The van der Waals surface area contributed by atoms with Gasteiger partial charge in [0.2, 0.25) is 5.91 Å². The molecule has 1 heterocycles. The van der Waals surface area contributed by atoms with Crippen LogP contribution in [-0.2, 0) is 4.79 Å². The minimum absolute atomic E-state index is 0.0442. The summed E-state index contributed by atoms with van der Waals surface area (Å²) in [4.78, 5) is 17.0. The van der Waals surface area contributed by atoms with E-state index in [1.54, 1.807) is 0 Å². The van der Waals surface area contributed by atoms with Gasteiger partial charge >= 0.3 is 0 Å². The van der Waals surface area contributed by atoms with E-state index in [9.17, 15) is 4.79 Å². The lowest BCUT2D eigenvalue weighted by molar-refractivity contribution is -0.120. The van der Waals surface area contributed by atoms with E-state index in [0.717, 1.165) is 15.9 Å². The smallest absolute Gasteiger partial charge is 0.233 e. The maximum absolute atomic E-state index is 12.4. The van der Waals surface area contributed by atoms with E-state index in [4.69, 9.17) is 0 Å². The van der Waals surface area contributed by atoms with Crippen molar-refractivity contribution in [3.8, 4) is 0 Å². The zero-order chi connectivity index (χ0) is 17.6. The Morgan fingerprint density at radius 3 is 2.52 bits per heavy atom. The van der Waals surface area contributed by atoms with Crippen LogP contribution in [0, 0.1) is 0 Å². The van der Waals surface area contributed by atoms with Crippen LogP contribution in [0.2, 0.25) is 0 Å². The van der Waals surface area contributed by atoms with Gasteiger partial charge in [-0.2, -0.15) is 0 Å². The van der Waals surface area contributed by atoms with E-state index in [1.165, 1.54) is 17.3 Å². The summed E-state index contributed by atoms with van der Waals surface area (Å²) in [5.41, 5.74) is 2.19. The van der Waals surface area contributed by atoms with Crippen molar-refractivity contribution in [3.05, 3.63) is 72.3 Å². The highest BCUT2D eigenvalue weighted by atomic mass is 32.2. The zero-order valence-corrected chi connectivity index (χ0v) is 15.3. The Morgan fingerprint density at radius 1 is 1.00 bits per heavy atom. The Morgan fingerprint density at radius 2 is 1.72 bits per heavy atom. The molecule has 3 rings (SSSR count). The Hall–Kier alpha value is -2.33. The average molecular weight is 350 g/mol. The molecule has 0 bridgehead atoms. The minimum atomic E-state index is -0.184. The molecule has 128 valence electrons. The maximum atomic E-state index is 12.4. The number of nitrogens with zero attached hydrogens (tertiary/aromatic N) is 1. The number of amides is 1. The second-order valence-electron chi connectivity index (χ2n) is 6.16. The number of aromatic nitrogens is 1. The van der Waals surface area contributed by atoms with Crippen molar-refractivity contribution in [2.24, 2.45) is 0 Å². The van der Waals surface area contributed by atoms with Crippen LogP contribution in [0.4, 0.5) is 0 Å². The van der Waals surface area contributed by atoms with E-state index in [2.05, 4.69) is 29.4 Å². The summed E-state index contributed by atoms with van der Waals surface area (Å²) in [6.45, 7) is 4.68. The van der Waals surface area contributed by atoms with Crippen LogP contribution in [0.3, 0.4) is 0 Å². The van der Waals surface area contributed by atoms with Crippen LogP contribution in [0.5, 0.6) is 0 Å². The molecule has 0 aliphatic rings. The number of nitrogens with one attached hydrogen (secondary N) is 1. The van der Waals surface area contributed by atoms with Gasteiger partial charge in [0.05, 0.1) is 15.8 Å². The molecule has 3 nitrogen and oxygen atoms in total. The lowest BCUT2D eigenvalue weighted by Crippen LogP contribution is -2.33. The molecule has 0 saturated heterocycles. The summed E-state index contributed by atoms with van der Waals surface area (Å²) in [5.74, 6) is 0.337. The van der Waals surface area contributed by atoms with Gasteiger partial charge in [-0.1, -0.05) is 73.3 Å². The molecule has 0 spiro atoms. The first-order valence-corrected chi connectivity index (χ1v) is 9.36. The van der Waals surface area contributed by atoms with Crippen LogP contribution in [-0.4, -0.2) is 22.7 Å². The molecule has 0 unspecified atom stereocenters. The first-order valence-electron chi connectivity index (χ1n) is 8.48. The molecule has 0 aliphatic heterocycles. The van der Waals surface area contributed by atoms with Crippen molar-refractivity contribution >= 4 is 28.6 Å². The summed E-state index contributed by atoms with van der Waals surface area (Å²) < 4.78 is 0. The Balaban J connectivity index is 1.56. The molecule has 3 aromatic rings. The maximum Gasteiger partial charge on any atom is 0.233 e.